The number of hydrogen-bond donors (Lipinski definition) is 0. The van der Waals surface area contributed by atoms with Crippen LogP contribution in [0.15, 0.2) is 212 Å². The number of benzene rings is 9. The van der Waals surface area contributed by atoms with Gasteiger partial charge >= 0.3 is 0 Å². The maximum atomic E-state index is 2.48. The molecule has 0 amide bonds. The Hall–Kier alpha value is -6.78. The SMILES string of the molecule is c1ccc(-c2cc(-c3ccccc3)cc(N(c3ccc(-c4ccc5c(c4)sc4ccccc45)cc3)c3ccc(-c4ccccc4)c4c3sc3ccccc34)c2)cc1. The van der Waals surface area contributed by atoms with Crippen LogP contribution in [0.2, 0.25) is 0 Å². The predicted octanol–water partition coefficient (Wildman–Crippen LogP) is 16.6. The average Bonchev–Trinajstić information content (AvgIpc) is 3.87. The number of fused-ring (bicyclic) bond motifs is 6. The Morgan fingerprint density at radius 1 is 0.298 bits per heavy atom. The Bertz CT molecular complexity index is 3160. The standard InChI is InChI=1S/C54H35NS2/c1-4-14-36(15-5-1)41-32-42(37-16-6-2-7-17-37)34-44(33-41)55(43-27-24-38(25-28-43)40-26-29-47-46-20-10-12-22-50(46)56-52(47)35-40)49-31-30-45(39-18-8-3-9-19-39)53-48-21-11-13-23-51(48)57-54(49)53/h1-35H. The van der Waals surface area contributed by atoms with Crippen LogP contribution >= 0.6 is 22.7 Å². The summed E-state index contributed by atoms with van der Waals surface area (Å²) < 4.78 is 5.19. The van der Waals surface area contributed by atoms with Crippen LogP contribution in [0.3, 0.4) is 0 Å². The Morgan fingerprint density at radius 3 is 1.49 bits per heavy atom. The van der Waals surface area contributed by atoms with Crippen molar-refractivity contribution in [2.75, 3.05) is 4.90 Å². The monoisotopic (exact) mass is 761 g/mol. The second-order valence-corrected chi connectivity index (χ2v) is 16.6. The fourth-order valence-corrected chi connectivity index (χ4v) is 10.7. The molecule has 0 saturated heterocycles. The van der Waals surface area contributed by atoms with Crippen molar-refractivity contribution in [1.82, 2.24) is 0 Å². The number of thiophene rings is 2. The van der Waals surface area contributed by atoms with Gasteiger partial charge in [0.15, 0.2) is 0 Å². The van der Waals surface area contributed by atoms with E-state index in [1.54, 1.807) is 0 Å². The molecule has 0 radical (unpaired) electrons. The van der Waals surface area contributed by atoms with Crippen molar-refractivity contribution in [2.24, 2.45) is 0 Å². The lowest BCUT2D eigenvalue weighted by molar-refractivity contribution is 1.30. The van der Waals surface area contributed by atoms with Gasteiger partial charge in [0.1, 0.15) is 0 Å². The topological polar surface area (TPSA) is 3.24 Å². The summed E-state index contributed by atoms with van der Waals surface area (Å²) in [6.45, 7) is 0. The van der Waals surface area contributed by atoms with Gasteiger partial charge in [-0.3, -0.25) is 0 Å². The minimum absolute atomic E-state index is 1.11. The van der Waals surface area contributed by atoms with Crippen LogP contribution in [-0.4, -0.2) is 0 Å². The summed E-state index contributed by atoms with van der Waals surface area (Å²) in [6, 6.07) is 77.7. The first-order valence-electron chi connectivity index (χ1n) is 19.3. The lowest BCUT2D eigenvalue weighted by Gasteiger charge is -2.28. The molecule has 1 nitrogen and oxygen atoms in total. The van der Waals surface area contributed by atoms with Gasteiger partial charge in [-0.25, -0.2) is 0 Å². The fourth-order valence-electron chi connectivity index (χ4n) is 8.32. The summed E-state index contributed by atoms with van der Waals surface area (Å²) in [5, 5.41) is 5.22. The van der Waals surface area contributed by atoms with E-state index < -0.39 is 0 Å². The predicted molar refractivity (Wildman–Crippen MR) is 249 cm³/mol. The molecule has 11 rings (SSSR count). The molecule has 3 heteroatoms. The van der Waals surface area contributed by atoms with Gasteiger partial charge in [0.2, 0.25) is 0 Å². The molecule has 9 aromatic carbocycles. The molecule has 0 atom stereocenters. The van der Waals surface area contributed by atoms with Gasteiger partial charge in [0.25, 0.3) is 0 Å². The number of nitrogens with zero attached hydrogens (tertiary/aromatic N) is 1. The van der Waals surface area contributed by atoms with Crippen LogP contribution in [0.4, 0.5) is 17.1 Å². The zero-order chi connectivity index (χ0) is 37.7. The van der Waals surface area contributed by atoms with Crippen LogP contribution in [0.1, 0.15) is 0 Å². The number of rotatable bonds is 7. The second-order valence-electron chi connectivity index (χ2n) is 14.5. The zero-order valence-electron chi connectivity index (χ0n) is 31.0. The molecular weight excluding hydrogens is 727 g/mol. The van der Waals surface area contributed by atoms with Gasteiger partial charge in [0.05, 0.1) is 10.4 Å². The van der Waals surface area contributed by atoms with E-state index in [1.807, 2.05) is 22.7 Å². The van der Waals surface area contributed by atoms with Crippen molar-refractivity contribution in [1.29, 1.82) is 0 Å². The maximum absolute atomic E-state index is 2.48. The zero-order valence-corrected chi connectivity index (χ0v) is 32.6. The molecule has 0 N–H and O–H groups in total. The molecule has 0 bridgehead atoms. The minimum atomic E-state index is 1.11. The average molecular weight is 762 g/mol. The smallest absolute Gasteiger partial charge is 0.0640 e. The van der Waals surface area contributed by atoms with Crippen LogP contribution in [0.25, 0.3) is 84.9 Å². The van der Waals surface area contributed by atoms with E-state index in [4.69, 9.17) is 0 Å². The summed E-state index contributed by atoms with van der Waals surface area (Å²) in [5.41, 5.74) is 13.0. The van der Waals surface area contributed by atoms with Crippen LogP contribution in [0.5, 0.6) is 0 Å². The minimum Gasteiger partial charge on any atom is -0.309 e. The first kappa shape index (κ1) is 33.5. The summed E-state index contributed by atoms with van der Waals surface area (Å²) >= 11 is 3.75. The third kappa shape index (κ3) is 6.00. The van der Waals surface area contributed by atoms with Gasteiger partial charge in [-0.05, 0) is 99.1 Å². The summed E-state index contributed by atoms with van der Waals surface area (Å²) in [7, 11) is 0. The fraction of sp³-hybridized carbons (Fsp3) is 0. The molecule has 0 aliphatic carbocycles. The van der Waals surface area contributed by atoms with Crippen LogP contribution in [-0.2, 0) is 0 Å². The van der Waals surface area contributed by atoms with Gasteiger partial charge < -0.3 is 4.90 Å². The van der Waals surface area contributed by atoms with Crippen molar-refractivity contribution in [3.63, 3.8) is 0 Å². The van der Waals surface area contributed by atoms with Crippen LogP contribution in [0, 0.1) is 0 Å². The quantitative estimate of drug-likeness (QED) is 0.156. The van der Waals surface area contributed by atoms with E-state index in [-0.39, 0.29) is 0 Å². The highest BCUT2D eigenvalue weighted by Gasteiger charge is 2.22. The first-order valence-corrected chi connectivity index (χ1v) is 21.0. The normalized spacial score (nSPS) is 11.5. The molecule has 0 unspecified atom stereocenters. The molecule has 0 aliphatic heterocycles. The molecular formula is C54H35NS2. The van der Waals surface area contributed by atoms with E-state index in [1.165, 1.54) is 84.9 Å². The highest BCUT2D eigenvalue weighted by molar-refractivity contribution is 7.26. The summed E-state index contributed by atoms with van der Waals surface area (Å²) in [6.07, 6.45) is 0. The Labute approximate surface area is 340 Å². The third-order valence-corrected chi connectivity index (χ3v) is 13.4. The Morgan fingerprint density at radius 2 is 0.825 bits per heavy atom. The molecule has 0 spiro atoms. The molecule has 2 heterocycles. The van der Waals surface area contributed by atoms with Gasteiger partial charge in [-0.1, -0.05) is 158 Å². The molecule has 268 valence electrons. The Balaban J connectivity index is 1.14. The lowest BCUT2D eigenvalue weighted by atomic mass is 9.96. The van der Waals surface area contributed by atoms with E-state index in [0.29, 0.717) is 0 Å². The molecule has 0 fully saturated rings. The largest absolute Gasteiger partial charge is 0.309 e. The van der Waals surface area contributed by atoms with Crippen molar-refractivity contribution >= 4 is 80.1 Å². The van der Waals surface area contributed by atoms with E-state index in [9.17, 15) is 0 Å². The van der Waals surface area contributed by atoms with E-state index in [2.05, 4.69) is 217 Å². The lowest BCUT2D eigenvalue weighted by Crippen LogP contribution is -2.10. The highest BCUT2D eigenvalue weighted by Crippen LogP contribution is 2.49. The highest BCUT2D eigenvalue weighted by atomic mass is 32.1. The maximum Gasteiger partial charge on any atom is 0.0640 e. The van der Waals surface area contributed by atoms with E-state index >= 15 is 0 Å². The number of hydrogen-bond acceptors (Lipinski definition) is 3. The summed E-state index contributed by atoms with van der Waals surface area (Å²) in [4.78, 5) is 2.48. The Kier molecular flexibility index (Phi) is 8.28. The van der Waals surface area contributed by atoms with Crippen molar-refractivity contribution < 1.29 is 0 Å². The molecule has 2 aromatic heterocycles. The van der Waals surface area contributed by atoms with Crippen molar-refractivity contribution in [2.45, 2.75) is 0 Å². The number of anilines is 3. The van der Waals surface area contributed by atoms with Crippen molar-refractivity contribution in [3.05, 3.63) is 212 Å². The van der Waals surface area contributed by atoms with Crippen molar-refractivity contribution in [3.8, 4) is 44.5 Å². The summed E-state index contributed by atoms with van der Waals surface area (Å²) in [5.74, 6) is 0. The molecule has 11 aromatic rings. The molecule has 0 saturated carbocycles. The molecule has 57 heavy (non-hydrogen) atoms. The van der Waals surface area contributed by atoms with Crippen LogP contribution < -0.4 is 4.90 Å². The molecule has 0 aliphatic rings. The first-order chi connectivity index (χ1) is 28.2. The van der Waals surface area contributed by atoms with Gasteiger partial charge in [-0.2, -0.15) is 0 Å². The van der Waals surface area contributed by atoms with E-state index in [0.717, 1.165) is 17.1 Å². The van der Waals surface area contributed by atoms with Gasteiger partial charge in [0, 0.05) is 47.0 Å². The van der Waals surface area contributed by atoms with Gasteiger partial charge in [-0.15, -0.1) is 22.7 Å². The third-order valence-electron chi connectivity index (χ3n) is 11.1. The second kappa shape index (κ2) is 14.1.